The van der Waals surface area contributed by atoms with Crippen LogP contribution in [0.1, 0.15) is 12.0 Å². The van der Waals surface area contributed by atoms with Crippen LogP contribution < -0.4 is 9.75 Å². The molecule has 21 heavy (non-hydrogen) atoms. The molecule has 0 saturated carbocycles. The molecule has 0 bridgehead atoms. The van der Waals surface area contributed by atoms with Crippen LogP contribution in [-0.2, 0) is 4.79 Å². The Hall–Kier alpha value is -2.33. The summed E-state index contributed by atoms with van der Waals surface area (Å²) in [6, 6.07) is 14.7. The molecule has 1 aliphatic rings. The molecular formula is C16H13ClN2O2. The van der Waals surface area contributed by atoms with E-state index >= 15 is 0 Å². The van der Waals surface area contributed by atoms with Crippen molar-refractivity contribution < 1.29 is 9.53 Å². The van der Waals surface area contributed by atoms with Gasteiger partial charge in [-0.15, -0.1) is 0 Å². The van der Waals surface area contributed by atoms with E-state index in [0.717, 1.165) is 11.3 Å². The molecule has 4 nitrogen and oxygen atoms in total. The number of methoxy groups -OCH3 is 1. The third kappa shape index (κ3) is 2.50. The largest absolute Gasteiger partial charge is 0.494 e. The molecule has 0 atom stereocenters. The highest BCUT2D eigenvalue weighted by Crippen LogP contribution is 2.32. The van der Waals surface area contributed by atoms with E-state index in [0.29, 0.717) is 16.5 Å². The zero-order chi connectivity index (χ0) is 14.8. The first-order valence-electron chi connectivity index (χ1n) is 6.49. The molecule has 0 aromatic heterocycles. The Kier molecular flexibility index (Phi) is 3.62. The maximum absolute atomic E-state index is 12.2. The van der Waals surface area contributed by atoms with E-state index in [-0.39, 0.29) is 12.3 Å². The second-order valence-corrected chi connectivity index (χ2v) is 4.99. The van der Waals surface area contributed by atoms with Crippen LogP contribution in [0.5, 0.6) is 5.75 Å². The summed E-state index contributed by atoms with van der Waals surface area (Å²) >= 11 is 6.12. The lowest BCUT2D eigenvalue weighted by molar-refractivity contribution is -0.116. The zero-order valence-corrected chi connectivity index (χ0v) is 12.2. The molecule has 106 valence electrons. The lowest BCUT2D eigenvalue weighted by Crippen LogP contribution is -2.19. The van der Waals surface area contributed by atoms with Gasteiger partial charge in [-0.1, -0.05) is 35.9 Å². The van der Waals surface area contributed by atoms with Gasteiger partial charge in [-0.2, -0.15) is 5.10 Å². The quantitative estimate of drug-likeness (QED) is 0.870. The summed E-state index contributed by atoms with van der Waals surface area (Å²) < 4.78 is 5.32. The van der Waals surface area contributed by atoms with E-state index in [1.54, 1.807) is 13.2 Å². The first kappa shape index (κ1) is 13.6. The van der Waals surface area contributed by atoms with Crippen LogP contribution in [-0.4, -0.2) is 18.7 Å². The summed E-state index contributed by atoms with van der Waals surface area (Å²) in [5.74, 6) is 0.471. The Bertz CT molecular complexity index is 713. The number of carbonyl (C=O) groups excluding carboxylic acids is 1. The number of halogens is 1. The highest BCUT2D eigenvalue weighted by Gasteiger charge is 2.28. The minimum absolute atomic E-state index is 0.0711. The number of nitrogens with zero attached hydrogens (tertiary/aromatic N) is 2. The number of benzene rings is 2. The van der Waals surface area contributed by atoms with Crippen LogP contribution in [0.3, 0.4) is 0 Å². The van der Waals surface area contributed by atoms with E-state index < -0.39 is 0 Å². The average Bonchev–Trinajstić information content (AvgIpc) is 2.89. The lowest BCUT2D eigenvalue weighted by Gasteiger charge is -2.11. The maximum atomic E-state index is 12.2. The van der Waals surface area contributed by atoms with Gasteiger partial charge in [0.1, 0.15) is 5.75 Å². The van der Waals surface area contributed by atoms with Crippen molar-refractivity contribution in [1.82, 2.24) is 0 Å². The Morgan fingerprint density at radius 3 is 2.62 bits per heavy atom. The molecule has 3 rings (SSSR count). The highest BCUT2D eigenvalue weighted by molar-refractivity contribution is 6.33. The molecule has 1 heterocycles. The Balaban J connectivity index is 2.02. The van der Waals surface area contributed by atoms with E-state index in [2.05, 4.69) is 5.10 Å². The number of amides is 1. The lowest BCUT2D eigenvalue weighted by atomic mass is 10.1. The number of rotatable bonds is 3. The molecule has 0 aliphatic carbocycles. The summed E-state index contributed by atoms with van der Waals surface area (Å²) in [6.45, 7) is 0. The molecule has 0 unspecified atom stereocenters. The molecule has 2 aromatic rings. The second-order valence-electron chi connectivity index (χ2n) is 4.59. The van der Waals surface area contributed by atoms with E-state index in [1.165, 1.54) is 5.01 Å². The monoisotopic (exact) mass is 300 g/mol. The predicted octanol–water partition coefficient (Wildman–Crippen LogP) is 3.49. The molecule has 0 fully saturated rings. The molecule has 1 aliphatic heterocycles. The highest BCUT2D eigenvalue weighted by atomic mass is 35.5. The Morgan fingerprint density at radius 1 is 1.14 bits per heavy atom. The number of carbonyl (C=O) groups is 1. The zero-order valence-electron chi connectivity index (χ0n) is 11.4. The molecule has 0 radical (unpaired) electrons. The standard InChI is InChI=1S/C16H13ClN2O2/c1-21-16-12(8-5-9-13(16)17)14-10-15(20)19(18-14)11-6-3-2-4-7-11/h2-9H,10H2,1H3. The molecule has 1 amide bonds. The number of para-hydroxylation sites is 2. The molecular weight excluding hydrogens is 288 g/mol. The number of anilines is 1. The molecule has 5 heteroatoms. The van der Waals surface area contributed by atoms with Crippen LogP contribution in [0.2, 0.25) is 5.02 Å². The van der Waals surface area contributed by atoms with Gasteiger partial charge in [-0.05, 0) is 24.3 Å². The number of ether oxygens (including phenoxy) is 1. The normalized spacial score (nSPS) is 14.3. The number of hydrogen-bond donors (Lipinski definition) is 0. The van der Waals surface area contributed by atoms with Crippen molar-refractivity contribution >= 4 is 28.9 Å². The van der Waals surface area contributed by atoms with Crippen LogP contribution in [0.15, 0.2) is 53.6 Å². The van der Waals surface area contributed by atoms with Gasteiger partial charge in [0.25, 0.3) is 5.91 Å². The summed E-state index contributed by atoms with van der Waals surface area (Å²) in [4.78, 5) is 12.2. The van der Waals surface area contributed by atoms with Gasteiger partial charge in [-0.3, -0.25) is 4.79 Å². The third-order valence-corrected chi connectivity index (χ3v) is 3.56. The first-order valence-corrected chi connectivity index (χ1v) is 6.87. The second kappa shape index (κ2) is 5.58. The summed E-state index contributed by atoms with van der Waals surface area (Å²) in [7, 11) is 1.55. The maximum Gasteiger partial charge on any atom is 0.253 e. The SMILES string of the molecule is COc1c(Cl)cccc1C1=NN(c2ccccc2)C(=O)C1. The molecule has 0 saturated heterocycles. The number of hydrazone groups is 1. The van der Waals surface area contributed by atoms with Crippen molar-refractivity contribution in [2.75, 3.05) is 12.1 Å². The van der Waals surface area contributed by atoms with Crippen molar-refractivity contribution in [2.24, 2.45) is 5.10 Å². The van der Waals surface area contributed by atoms with Gasteiger partial charge in [-0.25, -0.2) is 5.01 Å². The Morgan fingerprint density at radius 2 is 1.90 bits per heavy atom. The fourth-order valence-corrected chi connectivity index (χ4v) is 2.55. The van der Waals surface area contributed by atoms with Gasteiger partial charge >= 0.3 is 0 Å². The van der Waals surface area contributed by atoms with E-state index in [4.69, 9.17) is 16.3 Å². The summed E-state index contributed by atoms with van der Waals surface area (Å²) in [5, 5.41) is 6.34. The predicted molar refractivity (Wildman–Crippen MR) is 83.1 cm³/mol. The van der Waals surface area contributed by atoms with Gasteiger partial charge in [0, 0.05) is 5.56 Å². The van der Waals surface area contributed by atoms with E-state index in [1.807, 2.05) is 42.5 Å². The van der Waals surface area contributed by atoms with Gasteiger partial charge < -0.3 is 4.74 Å². The summed E-state index contributed by atoms with van der Waals surface area (Å²) in [5.41, 5.74) is 2.15. The molecule has 0 spiro atoms. The minimum atomic E-state index is -0.0711. The van der Waals surface area contributed by atoms with Crippen molar-refractivity contribution in [2.45, 2.75) is 6.42 Å². The first-order chi connectivity index (χ1) is 10.2. The molecule has 2 aromatic carbocycles. The van der Waals surface area contributed by atoms with Gasteiger partial charge in [0.05, 0.1) is 30.0 Å². The third-order valence-electron chi connectivity index (χ3n) is 3.26. The molecule has 0 N–H and O–H groups in total. The van der Waals surface area contributed by atoms with Gasteiger partial charge in [0.15, 0.2) is 0 Å². The van der Waals surface area contributed by atoms with Crippen LogP contribution >= 0.6 is 11.6 Å². The van der Waals surface area contributed by atoms with Crippen molar-refractivity contribution in [3.05, 3.63) is 59.1 Å². The fourth-order valence-electron chi connectivity index (χ4n) is 2.29. The summed E-state index contributed by atoms with van der Waals surface area (Å²) in [6.07, 6.45) is 0.228. The van der Waals surface area contributed by atoms with Crippen LogP contribution in [0, 0.1) is 0 Å². The van der Waals surface area contributed by atoms with Crippen LogP contribution in [0.4, 0.5) is 5.69 Å². The van der Waals surface area contributed by atoms with E-state index in [9.17, 15) is 4.79 Å². The minimum Gasteiger partial charge on any atom is -0.494 e. The average molecular weight is 301 g/mol. The Labute approximate surface area is 127 Å². The smallest absolute Gasteiger partial charge is 0.253 e. The van der Waals surface area contributed by atoms with Crippen molar-refractivity contribution in [1.29, 1.82) is 0 Å². The van der Waals surface area contributed by atoms with Crippen molar-refractivity contribution in [3.63, 3.8) is 0 Å². The van der Waals surface area contributed by atoms with Crippen molar-refractivity contribution in [3.8, 4) is 5.75 Å². The topological polar surface area (TPSA) is 41.9 Å². The van der Waals surface area contributed by atoms with Crippen LogP contribution in [0.25, 0.3) is 0 Å². The number of hydrogen-bond acceptors (Lipinski definition) is 3. The fraction of sp³-hybridized carbons (Fsp3) is 0.125. The van der Waals surface area contributed by atoms with Gasteiger partial charge in [0.2, 0.25) is 0 Å².